The maximum atomic E-state index is 11.4. The Morgan fingerprint density at radius 2 is 1.88 bits per heavy atom. The SMILES string of the molecule is COC(=O)CN(C)CCS(=O)(=O)CCC(N)=O. The quantitative estimate of drug-likeness (QED) is 0.529. The minimum Gasteiger partial charge on any atom is -0.468 e. The first-order valence-corrected chi connectivity index (χ1v) is 6.83. The molecular weight excluding hydrogens is 248 g/mol. The number of carbonyl (C=O) groups is 2. The Morgan fingerprint density at radius 1 is 1.29 bits per heavy atom. The molecular formula is C9H18N2O5S. The highest BCUT2D eigenvalue weighted by Crippen LogP contribution is 1.96. The minimum atomic E-state index is -3.31. The van der Waals surface area contributed by atoms with Gasteiger partial charge in [-0.25, -0.2) is 8.42 Å². The number of likely N-dealkylation sites (N-methyl/N-ethyl adjacent to an activating group) is 1. The number of ether oxygens (including phenoxy) is 1. The van der Waals surface area contributed by atoms with Gasteiger partial charge in [0, 0.05) is 13.0 Å². The normalized spacial score (nSPS) is 11.5. The number of nitrogens with two attached hydrogens (primary N) is 1. The number of hydrogen-bond donors (Lipinski definition) is 1. The van der Waals surface area contributed by atoms with Crippen molar-refractivity contribution in [3.63, 3.8) is 0 Å². The topological polar surface area (TPSA) is 107 Å². The van der Waals surface area contributed by atoms with E-state index in [2.05, 4.69) is 4.74 Å². The minimum absolute atomic E-state index is 0.0296. The third-order valence-corrected chi connectivity index (χ3v) is 3.70. The van der Waals surface area contributed by atoms with Crippen LogP contribution in [0.25, 0.3) is 0 Å². The van der Waals surface area contributed by atoms with Gasteiger partial charge in [0.2, 0.25) is 5.91 Å². The van der Waals surface area contributed by atoms with Gasteiger partial charge in [-0.3, -0.25) is 14.5 Å². The van der Waals surface area contributed by atoms with Crippen molar-refractivity contribution in [3.05, 3.63) is 0 Å². The van der Waals surface area contributed by atoms with Gasteiger partial charge in [-0.2, -0.15) is 0 Å². The maximum absolute atomic E-state index is 11.4. The van der Waals surface area contributed by atoms with Crippen molar-refractivity contribution in [3.8, 4) is 0 Å². The van der Waals surface area contributed by atoms with Gasteiger partial charge in [0.15, 0.2) is 9.84 Å². The van der Waals surface area contributed by atoms with E-state index < -0.39 is 21.7 Å². The predicted molar refractivity (Wildman–Crippen MR) is 62.0 cm³/mol. The average molecular weight is 266 g/mol. The van der Waals surface area contributed by atoms with Crippen LogP contribution in [0.2, 0.25) is 0 Å². The van der Waals surface area contributed by atoms with Gasteiger partial charge in [-0.15, -0.1) is 0 Å². The van der Waals surface area contributed by atoms with E-state index in [0.29, 0.717) is 0 Å². The molecule has 100 valence electrons. The Bertz CT molecular complexity index is 366. The van der Waals surface area contributed by atoms with E-state index >= 15 is 0 Å². The van der Waals surface area contributed by atoms with Gasteiger partial charge in [-0.05, 0) is 7.05 Å². The van der Waals surface area contributed by atoms with Crippen LogP contribution in [0.3, 0.4) is 0 Å². The second kappa shape index (κ2) is 7.23. The van der Waals surface area contributed by atoms with Crippen LogP contribution in [0.1, 0.15) is 6.42 Å². The molecule has 0 aliphatic heterocycles. The summed E-state index contributed by atoms with van der Waals surface area (Å²) in [7, 11) is -0.434. The molecule has 0 saturated carbocycles. The molecule has 0 heterocycles. The molecule has 0 aliphatic carbocycles. The van der Waals surface area contributed by atoms with Crippen molar-refractivity contribution in [1.82, 2.24) is 4.90 Å². The molecule has 2 N–H and O–H groups in total. The van der Waals surface area contributed by atoms with Crippen LogP contribution in [0, 0.1) is 0 Å². The van der Waals surface area contributed by atoms with E-state index in [-0.39, 0.29) is 31.0 Å². The lowest BCUT2D eigenvalue weighted by Gasteiger charge is -2.14. The van der Waals surface area contributed by atoms with Gasteiger partial charge in [-0.1, -0.05) is 0 Å². The number of methoxy groups -OCH3 is 1. The van der Waals surface area contributed by atoms with E-state index in [1.54, 1.807) is 7.05 Å². The summed E-state index contributed by atoms with van der Waals surface area (Å²) < 4.78 is 27.3. The van der Waals surface area contributed by atoms with Crippen molar-refractivity contribution >= 4 is 21.7 Å². The fraction of sp³-hybridized carbons (Fsp3) is 0.778. The highest BCUT2D eigenvalue weighted by Gasteiger charge is 2.14. The largest absolute Gasteiger partial charge is 0.468 e. The molecule has 0 fully saturated rings. The summed E-state index contributed by atoms with van der Waals surface area (Å²) in [5.41, 5.74) is 4.86. The van der Waals surface area contributed by atoms with E-state index in [4.69, 9.17) is 5.73 Å². The van der Waals surface area contributed by atoms with Gasteiger partial charge in [0.25, 0.3) is 0 Å². The summed E-state index contributed by atoms with van der Waals surface area (Å²) in [6, 6.07) is 0. The Kier molecular flexibility index (Phi) is 6.74. The number of hydrogen-bond acceptors (Lipinski definition) is 6. The zero-order valence-electron chi connectivity index (χ0n) is 10.0. The Balaban J connectivity index is 4.00. The first kappa shape index (κ1) is 15.9. The molecule has 0 unspecified atom stereocenters. The number of rotatable bonds is 8. The summed E-state index contributed by atoms with van der Waals surface area (Å²) in [5.74, 6) is -1.44. The standard InChI is InChI=1S/C9H18N2O5S/c1-11(7-9(13)16-2)4-6-17(14,15)5-3-8(10)12/h3-7H2,1-2H3,(H2,10,12). The van der Waals surface area contributed by atoms with E-state index in [9.17, 15) is 18.0 Å². The smallest absolute Gasteiger partial charge is 0.319 e. The molecule has 0 aromatic carbocycles. The van der Waals surface area contributed by atoms with Crippen LogP contribution < -0.4 is 5.73 Å². The summed E-state index contributed by atoms with van der Waals surface area (Å²) in [6.07, 6.45) is -0.178. The molecule has 0 aliphatic rings. The van der Waals surface area contributed by atoms with E-state index in [0.717, 1.165) is 0 Å². The van der Waals surface area contributed by atoms with E-state index in [1.165, 1.54) is 12.0 Å². The number of primary amides is 1. The van der Waals surface area contributed by atoms with Crippen molar-refractivity contribution in [2.45, 2.75) is 6.42 Å². The predicted octanol–water partition coefficient (Wildman–Crippen LogP) is -1.62. The third kappa shape index (κ3) is 8.64. The number of esters is 1. The van der Waals surface area contributed by atoms with Gasteiger partial charge in [0.05, 0.1) is 25.2 Å². The molecule has 0 bridgehead atoms. The molecule has 0 atom stereocenters. The summed E-state index contributed by atoms with van der Waals surface area (Å²) in [6.45, 7) is 0.234. The summed E-state index contributed by atoms with van der Waals surface area (Å²) in [5, 5.41) is 0. The molecule has 0 aromatic rings. The second-order valence-corrected chi connectivity index (χ2v) is 5.99. The van der Waals surface area contributed by atoms with Crippen molar-refractivity contribution in [1.29, 1.82) is 0 Å². The molecule has 0 saturated heterocycles. The molecule has 8 heteroatoms. The average Bonchev–Trinajstić information content (AvgIpc) is 2.24. The number of amides is 1. The molecule has 0 spiro atoms. The first-order chi connectivity index (χ1) is 7.76. The maximum Gasteiger partial charge on any atom is 0.319 e. The number of carbonyl (C=O) groups excluding carboxylic acids is 2. The third-order valence-electron chi connectivity index (χ3n) is 2.07. The van der Waals surface area contributed by atoms with E-state index in [1.807, 2.05) is 0 Å². The van der Waals surface area contributed by atoms with Crippen LogP contribution in [0.5, 0.6) is 0 Å². The number of sulfone groups is 1. The van der Waals surface area contributed by atoms with Crippen molar-refractivity contribution in [2.75, 3.05) is 38.8 Å². The number of nitrogens with zero attached hydrogens (tertiary/aromatic N) is 1. The molecule has 0 rings (SSSR count). The van der Waals surface area contributed by atoms with Crippen molar-refractivity contribution < 1.29 is 22.7 Å². The van der Waals surface area contributed by atoms with Crippen LogP contribution in [-0.2, 0) is 24.2 Å². The summed E-state index contributed by atoms with van der Waals surface area (Å²) >= 11 is 0. The Hall–Kier alpha value is -1.15. The lowest BCUT2D eigenvalue weighted by molar-refractivity contribution is -0.141. The van der Waals surface area contributed by atoms with Gasteiger partial charge in [0.1, 0.15) is 0 Å². The summed E-state index contributed by atoms with van der Waals surface area (Å²) in [4.78, 5) is 22.9. The first-order valence-electron chi connectivity index (χ1n) is 5.01. The highest BCUT2D eigenvalue weighted by atomic mass is 32.2. The highest BCUT2D eigenvalue weighted by molar-refractivity contribution is 7.91. The fourth-order valence-corrected chi connectivity index (χ4v) is 2.32. The molecule has 17 heavy (non-hydrogen) atoms. The molecule has 7 nitrogen and oxygen atoms in total. The van der Waals surface area contributed by atoms with Gasteiger partial charge >= 0.3 is 5.97 Å². The lowest BCUT2D eigenvalue weighted by Crippen LogP contribution is -2.32. The Labute approximate surface area is 101 Å². The van der Waals surface area contributed by atoms with Crippen LogP contribution in [0.15, 0.2) is 0 Å². The van der Waals surface area contributed by atoms with Crippen LogP contribution in [-0.4, -0.2) is 63.9 Å². The van der Waals surface area contributed by atoms with Crippen molar-refractivity contribution in [2.24, 2.45) is 5.73 Å². The van der Waals surface area contributed by atoms with Crippen LogP contribution >= 0.6 is 0 Å². The molecule has 0 aromatic heterocycles. The zero-order valence-corrected chi connectivity index (χ0v) is 10.8. The lowest BCUT2D eigenvalue weighted by atomic mass is 10.5. The fourth-order valence-electron chi connectivity index (χ4n) is 1.02. The second-order valence-electron chi connectivity index (χ2n) is 3.68. The van der Waals surface area contributed by atoms with Gasteiger partial charge < -0.3 is 10.5 Å². The Morgan fingerprint density at radius 3 is 2.35 bits per heavy atom. The molecule has 0 radical (unpaired) electrons. The zero-order chi connectivity index (χ0) is 13.5. The van der Waals surface area contributed by atoms with Crippen LogP contribution in [0.4, 0.5) is 0 Å². The monoisotopic (exact) mass is 266 g/mol. The molecule has 1 amide bonds.